The highest BCUT2D eigenvalue weighted by Gasteiger charge is 2.16. The molecule has 0 spiro atoms. The summed E-state index contributed by atoms with van der Waals surface area (Å²) in [5.74, 6) is 0.124. The van der Waals surface area contributed by atoms with Gasteiger partial charge in [0.1, 0.15) is 5.75 Å². The molecule has 1 aliphatic rings. The SMILES string of the molecule is COc1ccc(C2=CC(=O)C=CC2=O)cc1Cl. The topological polar surface area (TPSA) is 43.4 Å². The Hall–Kier alpha value is -1.87. The summed E-state index contributed by atoms with van der Waals surface area (Å²) in [5.41, 5.74) is 0.959. The highest BCUT2D eigenvalue weighted by Crippen LogP contribution is 2.29. The molecule has 2 rings (SSSR count). The van der Waals surface area contributed by atoms with Crippen molar-refractivity contribution >= 4 is 28.7 Å². The Morgan fingerprint density at radius 1 is 1.18 bits per heavy atom. The molecule has 0 saturated carbocycles. The van der Waals surface area contributed by atoms with Crippen molar-refractivity contribution in [2.75, 3.05) is 7.11 Å². The lowest BCUT2D eigenvalue weighted by Crippen LogP contribution is -2.06. The predicted molar refractivity (Wildman–Crippen MR) is 65.1 cm³/mol. The summed E-state index contributed by atoms with van der Waals surface area (Å²) in [7, 11) is 1.51. The summed E-state index contributed by atoms with van der Waals surface area (Å²) in [6, 6.07) is 4.96. The molecule has 0 fully saturated rings. The van der Waals surface area contributed by atoms with Crippen LogP contribution in [0.4, 0.5) is 0 Å². The zero-order chi connectivity index (χ0) is 12.4. The number of carbonyl (C=O) groups is 2. The summed E-state index contributed by atoms with van der Waals surface area (Å²) in [5, 5.41) is 0.403. The van der Waals surface area contributed by atoms with Crippen LogP contribution in [0.15, 0.2) is 36.4 Å². The van der Waals surface area contributed by atoms with Crippen molar-refractivity contribution in [1.82, 2.24) is 0 Å². The van der Waals surface area contributed by atoms with Crippen molar-refractivity contribution in [3.8, 4) is 5.75 Å². The largest absolute Gasteiger partial charge is 0.495 e. The number of ether oxygens (including phenoxy) is 1. The number of ketones is 2. The quantitative estimate of drug-likeness (QED) is 0.755. The lowest BCUT2D eigenvalue weighted by atomic mass is 9.96. The number of hydrogen-bond acceptors (Lipinski definition) is 3. The van der Waals surface area contributed by atoms with Crippen LogP contribution in [0.3, 0.4) is 0 Å². The fourth-order valence-electron chi connectivity index (χ4n) is 1.57. The van der Waals surface area contributed by atoms with Gasteiger partial charge in [0, 0.05) is 5.57 Å². The summed E-state index contributed by atoms with van der Waals surface area (Å²) in [6.45, 7) is 0. The highest BCUT2D eigenvalue weighted by atomic mass is 35.5. The first kappa shape index (κ1) is 11.6. The number of methoxy groups -OCH3 is 1. The maximum absolute atomic E-state index is 11.6. The number of halogens is 1. The van der Waals surface area contributed by atoms with Crippen LogP contribution in [0.1, 0.15) is 5.56 Å². The van der Waals surface area contributed by atoms with Crippen molar-refractivity contribution in [2.24, 2.45) is 0 Å². The van der Waals surface area contributed by atoms with Crippen molar-refractivity contribution in [1.29, 1.82) is 0 Å². The second kappa shape index (κ2) is 4.55. The number of allylic oxidation sites excluding steroid dienone is 4. The summed E-state index contributed by atoms with van der Waals surface area (Å²) < 4.78 is 5.02. The number of benzene rings is 1. The minimum Gasteiger partial charge on any atom is -0.495 e. The molecular weight excluding hydrogens is 240 g/mol. The van der Waals surface area contributed by atoms with E-state index in [0.29, 0.717) is 21.9 Å². The highest BCUT2D eigenvalue weighted by molar-refractivity contribution is 6.35. The Kier molecular flexibility index (Phi) is 3.11. The van der Waals surface area contributed by atoms with E-state index in [1.54, 1.807) is 18.2 Å². The molecule has 0 saturated heterocycles. The molecule has 1 aromatic rings. The fourth-order valence-corrected chi connectivity index (χ4v) is 1.83. The van der Waals surface area contributed by atoms with Gasteiger partial charge in [-0.2, -0.15) is 0 Å². The van der Waals surface area contributed by atoms with E-state index in [1.165, 1.54) is 25.3 Å². The Labute approximate surface area is 103 Å². The van der Waals surface area contributed by atoms with Crippen LogP contribution in [0.25, 0.3) is 5.57 Å². The van der Waals surface area contributed by atoms with Gasteiger partial charge in [-0.25, -0.2) is 0 Å². The van der Waals surface area contributed by atoms with E-state index in [9.17, 15) is 9.59 Å². The van der Waals surface area contributed by atoms with Crippen LogP contribution in [0.2, 0.25) is 5.02 Å². The second-order valence-corrected chi connectivity index (χ2v) is 3.91. The van der Waals surface area contributed by atoms with Gasteiger partial charge in [0.15, 0.2) is 11.6 Å². The zero-order valence-corrected chi connectivity index (χ0v) is 9.82. The van der Waals surface area contributed by atoms with Crippen molar-refractivity contribution in [2.45, 2.75) is 0 Å². The molecule has 3 nitrogen and oxygen atoms in total. The molecule has 0 N–H and O–H groups in total. The smallest absolute Gasteiger partial charge is 0.186 e. The second-order valence-electron chi connectivity index (χ2n) is 3.51. The van der Waals surface area contributed by atoms with Crippen molar-refractivity contribution < 1.29 is 14.3 Å². The summed E-state index contributed by atoms with van der Waals surface area (Å²) in [4.78, 5) is 22.9. The first-order valence-corrected chi connectivity index (χ1v) is 5.31. The molecule has 0 amide bonds. The van der Waals surface area contributed by atoms with Gasteiger partial charge in [-0.3, -0.25) is 9.59 Å². The first-order chi connectivity index (χ1) is 8.11. The maximum atomic E-state index is 11.6. The first-order valence-electron chi connectivity index (χ1n) is 4.94. The number of rotatable bonds is 2. The average Bonchev–Trinajstić information content (AvgIpc) is 2.32. The van der Waals surface area contributed by atoms with E-state index >= 15 is 0 Å². The molecule has 0 heterocycles. The molecule has 0 unspecified atom stereocenters. The Morgan fingerprint density at radius 2 is 1.94 bits per heavy atom. The third-order valence-corrected chi connectivity index (χ3v) is 2.71. The molecule has 17 heavy (non-hydrogen) atoms. The van der Waals surface area contributed by atoms with Crippen LogP contribution in [0.5, 0.6) is 5.75 Å². The van der Waals surface area contributed by atoms with E-state index in [2.05, 4.69) is 0 Å². The van der Waals surface area contributed by atoms with Gasteiger partial charge in [-0.1, -0.05) is 17.7 Å². The van der Waals surface area contributed by atoms with Gasteiger partial charge >= 0.3 is 0 Å². The van der Waals surface area contributed by atoms with Gasteiger partial charge in [0.2, 0.25) is 0 Å². The molecule has 86 valence electrons. The van der Waals surface area contributed by atoms with E-state index in [0.717, 1.165) is 0 Å². The lowest BCUT2D eigenvalue weighted by Gasteiger charge is -2.09. The third-order valence-electron chi connectivity index (χ3n) is 2.41. The fraction of sp³-hybridized carbons (Fsp3) is 0.0769. The van der Waals surface area contributed by atoms with Gasteiger partial charge in [-0.05, 0) is 35.9 Å². The number of hydrogen-bond donors (Lipinski definition) is 0. The number of carbonyl (C=O) groups excluding carboxylic acids is 2. The minimum absolute atomic E-state index is 0.202. The van der Waals surface area contributed by atoms with E-state index in [4.69, 9.17) is 16.3 Å². The molecule has 0 bridgehead atoms. The van der Waals surface area contributed by atoms with Crippen molar-refractivity contribution in [3.63, 3.8) is 0 Å². The molecule has 1 aliphatic carbocycles. The van der Waals surface area contributed by atoms with E-state index < -0.39 is 0 Å². The Bertz CT molecular complexity index is 556. The monoisotopic (exact) mass is 248 g/mol. The van der Waals surface area contributed by atoms with Crippen molar-refractivity contribution in [3.05, 3.63) is 47.0 Å². The molecule has 0 atom stereocenters. The van der Waals surface area contributed by atoms with E-state index in [1.807, 2.05) is 0 Å². The van der Waals surface area contributed by atoms with Crippen LogP contribution in [-0.4, -0.2) is 18.7 Å². The van der Waals surface area contributed by atoms with Crippen LogP contribution in [0, 0.1) is 0 Å². The van der Waals surface area contributed by atoms with Gasteiger partial charge in [-0.15, -0.1) is 0 Å². The van der Waals surface area contributed by atoms with Crippen LogP contribution in [-0.2, 0) is 9.59 Å². The van der Waals surface area contributed by atoms with Gasteiger partial charge < -0.3 is 4.74 Å². The van der Waals surface area contributed by atoms with Gasteiger partial charge in [0.05, 0.1) is 12.1 Å². The maximum Gasteiger partial charge on any atom is 0.186 e. The average molecular weight is 249 g/mol. The van der Waals surface area contributed by atoms with Crippen LogP contribution < -0.4 is 4.74 Å². The molecule has 4 heteroatoms. The normalized spacial score (nSPS) is 14.8. The molecule has 0 aromatic heterocycles. The Morgan fingerprint density at radius 3 is 2.59 bits per heavy atom. The summed E-state index contributed by atoms with van der Waals surface area (Å²) >= 11 is 5.97. The lowest BCUT2D eigenvalue weighted by molar-refractivity contribution is -0.113. The zero-order valence-electron chi connectivity index (χ0n) is 9.07. The van der Waals surface area contributed by atoms with Crippen LogP contribution >= 0.6 is 11.6 Å². The summed E-state index contributed by atoms with van der Waals surface area (Å²) in [6.07, 6.45) is 3.81. The van der Waals surface area contributed by atoms with E-state index in [-0.39, 0.29) is 11.6 Å². The molecule has 0 radical (unpaired) electrons. The predicted octanol–water partition coefficient (Wildman–Crippen LogP) is 2.44. The minimum atomic E-state index is -0.203. The molecule has 0 aliphatic heterocycles. The standard InChI is InChI=1S/C13H9ClO3/c1-17-13-5-2-8(6-11(13)14)10-7-9(15)3-4-12(10)16/h2-7H,1H3. The Balaban J connectivity index is 2.44. The van der Waals surface area contributed by atoms with Gasteiger partial charge in [0.25, 0.3) is 0 Å². The molecule has 1 aromatic carbocycles. The third kappa shape index (κ3) is 2.29. The molecular formula is C13H9ClO3.